The molecule has 266 valence electrons. The van der Waals surface area contributed by atoms with Gasteiger partial charge in [-0.25, -0.2) is 19.2 Å². The molecule has 2 heterocycles. The highest BCUT2D eigenvalue weighted by Crippen LogP contribution is 2.72. The van der Waals surface area contributed by atoms with Crippen LogP contribution in [0.4, 0.5) is 4.79 Å². The first-order valence-electron chi connectivity index (χ1n) is 16.4. The molecule has 2 aliphatic heterocycles. The third-order valence-corrected chi connectivity index (χ3v) is 11.3. The van der Waals surface area contributed by atoms with E-state index >= 15 is 0 Å². The van der Waals surface area contributed by atoms with Gasteiger partial charge in [-0.3, -0.25) is 4.79 Å². The molecule has 1 spiro atoms. The zero-order valence-electron chi connectivity index (χ0n) is 28.3. The fourth-order valence-electron chi connectivity index (χ4n) is 9.56. The Morgan fingerprint density at radius 2 is 1.78 bits per heavy atom. The number of hydrogen-bond acceptors (Lipinski definition) is 13. The number of rotatable bonds is 6. The van der Waals surface area contributed by atoms with Crippen LogP contribution in [0, 0.1) is 28.6 Å². The molecule has 5 aliphatic rings. The maximum Gasteiger partial charge on any atom is 0.408 e. The predicted molar refractivity (Wildman–Crippen MR) is 166 cm³/mol. The number of benzene rings is 1. The van der Waals surface area contributed by atoms with Crippen molar-refractivity contribution in [1.82, 2.24) is 5.32 Å². The second kappa shape index (κ2) is 11.8. The van der Waals surface area contributed by atoms with Gasteiger partial charge in [0.05, 0.1) is 25.7 Å². The van der Waals surface area contributed by atoms with Crippen molar-refractivity contribution in [2.75, 3.05) is 13.7 Å². The first-order valence-corrected chi connectivity index (χ1v) is 16.4. The number of Topliss-reactive ketones (excluding diaryl/α,β-unsaturated/α-hetero) is 1. The van der Waals surface area contributed by atoms with Crippen molar-refractivity contribution in [3.05, 3.63) is 47.2 Å². The minimum atomic E-state index is -2.37. The van der Waals surface area contributed by atoms with Gasteiger partial charge in [-0.1, -0.05) is 37.3 Å². The lowest BCUT2D eigenvalue weighted by Gasteiger charge is -2.67. The third kappa shape index (κ3) is 5.13. The average Bonchev–Trinajstić information content (AvgIpc) is 3.33. The zero-order chi connectivity index (χ0) is 35.8. The van der Waals surface area contributed by atoms with Crippen LogP contribution in [-0.4, -0.2) is 100 Å². The number of aliphatic hydroxyl groups is 3. The van der Waals surface area contributed by atoms with E-state index in [0.717, 1.165) is 7.11 Å². The number of methoxy groups -OCH3 is 1. The standard InChI is InChI=1S/C35H43NO13/c1-16-18-13-21-34-15-46-35(30(43)45-6,27(40)23(39)25(34)33(18,5)14-20(37)22(16)38)26(34)24(29(42)47-21)48-28(41)19(12-17-10-8-7-9-11-17)36-31(44)49-32(2,3)4/h7-11,18-19,21,23-27,38-40H,12-15H2,1-6H3,(H,36,44)/t18-,19?,21+,23+,24+,25+,26+,27-,33-,34+,35?/m0/s1. The van der Waals surface area contributed by atoms with Crippen LogP contribution >= 0.6 is 0 Å². The monoisotopic (exact) mass is 685 g/mol. The smallest absolute Gasteiger partial charge is 0.408 e. The van der Waals surface area contributed by atoms with Crippen LogP contribution in [0.2, 0.25) is 0 Å². The largest absolute Gasteiger partial charge is 0.504 e. The van der Waals surface area contributed by atoms with Crippen LogP contribution in [-0.2, 0) is 49.3 Å². The second-order valence-corrected chi connectivity index (χ2v) is 15.2. The van der Waals surface area contributed by atoms with Gasteiger partial charge in [0.15, 0.2) is 11.5 Å². The highest BCUT2D eigenvalue weighted by atomic mass is 16.6. The first-order chi connectivity index (χ1) is 22.9. The summed E-state index contributed by atoms with van der Waals surface area (Å²) in [7, 11) is 1.06. The summed E-state index contributed by atoms with van der Waals surface area (Å²) in [5.41, 5.74) is -4.81. The number of alkyl carbamates (subject to hydrolysis) is 1. The molecule has 14 heteroatoms. The van der Waals surface area contributed by atoms with E-state index in [1.807, 2.05) is 0 Å². The van der Waals surface area contributed by atoms with Crippen LogP contribution in [0.5, 0.6) is 0 Å². The van der Waals surface area contributed by atoms with E-state index in [1.54, 1.807) is 65.0 Å². The number of carbonyl (C=O) groups is 5. The summed E-state index contributed by atoms with van der Waals surface area (Å²) >= 11 is 0. The van der Waals surface area contributed by atoms with E-state index in [4.69, 9.17) is 23.7 Å². The molecule has 2 saturated carbocycles. The summed E-state index contributed by atoms with van der Waals surface area (Å²) < 4.78 is 28.6. The van der Waals surface area contributed by atoms with E-state index in [9.17, 15) is 39.3 Å². The van der Waals surface area contributed by atoms with Crippen molar-refractivity contribution < 1.29 is 63.0 Å². The summed E-state index contributed by atoms with van der Waals surface area (Å²) in [4.78, 5) is 67.7. The lowest BCUT2D eigenvalue weighted by Crippen LogP contribution is -2.79. The normalized spacial score (nSPS) is 38.4. The lowest BCUT2D eigenvalue weighted by molar-refractivity contribution is -0.290. The Labute approximate surface area is 283 Å². The molecule has 2 saturated heterocycles. The molecule has 3 aliphatic carbocycles. The topological polar surface area (TPSA) is 204 Å². The Bertz CT molecular complexity index is 1600. The molecule has 2 bridgehead atoms. The van der Waals surface area contributed by atoms with Crippen molar-refractivity contribution in [2.24, 2.45) is 28.6 Å². The molecule has 1 aromatic carbocycles. The summed E-state index contributed by atoms with van der Waals surface area (Å²) in [5.74, 6) is -7.16. The van der Waals surface area contributed by atoms with E-state index in [2.05, 4.69) is 5.32 Å². The second-order valence-electron chi connectivity index (χ2n) is 15.2. The Kier molecular flexibility index (Phi) is 8.39. The minimum Gasteiger partial charge on any atom is -0.504 e. The summed E-state index contributed by atoms with van der Waals surface area (Å²) in [5, 5.41) is 36.9. The van der Waals surface area contributed by atoms with Gasteiger partial charge >= 0.3 is 24.0 Å². The van der Waals surface area contributed by atoms with Gasteiger partial charge in [0.25, 0.3) is 0 Å². The number of hydrogen-bond donors (Lipinski definition) is 4. The first kappa shape index (κ1) is 34.8. The number of esters is 3. The fourth-order valence-corrected chi connectivity index (χ4v) is 9.56. The molecular weight excluding hydrogens is 642 g/mol. The maximum atomic E-state index is 14.1. The van der Waals surface area contributed by atoms with Crippen molar-refractivity contribution in [3.8, 4) is 0 Å². The fraction of sp³-hybridized carbons (Fsp3) is 0.629. The highest BCUT2D eigenvalue weighted by Gasteiger charge is 2.85. The number of aliphatic hydroxyl groups excluding tert-OH is 3. The van der Waals surface area contributed by atoms with E-state index in [0.29, 0.717) is 11.1 Å². The van der Waals surface area contributed by atoms with Gasteiger partial charge in [-0.15, -0.1) is 0 Å². The van der Waals surface area contributed by atoms with Gasteiger partial charge in [0.1, 0.15) is 23.9 Å². The van der Waals surface area contributed by atoms with Gasteiger partial charge < -0.3 is 44.3 Å². The molecular formula is C35H43NO13. The van der Waals surface area contributed by atoms with Crippen LogP contribution in [0.3, 0.4) is 0 Å². The molecule has 2 unspecified atom stereocenters. The highest BCUT2D eigenvalue weighted by molar-refractivity contribution is 5.95. The summed E-state index contributed by atoms with van der Waals surface area (Å²) in [6, 6.07) is 7.37. The van der Waals surface area contributed by atoms with Gasteiger partial charge in [-0.2, -0.15) is 0 Å². The predicted octanol–water partition coefficient (Wildman–Crippen LogP) is 1.69. The van der Waals surface area contributed by atoms with Crippen molar-refractivity contribution in [2.45, 2.75) is 95.5 Å². The summed E-state index contributed by atoms with van der Waals surface area (Å²) in [6.45, 7) is 8.00. The maximum absolute atomic E-state index is 14.1. The number of ketones is 1. The molecule has 1 amide bonds. The molecule has 0 aromatic heterocycles. The van der Waals surface area contributed by atoms with Crippen molar-refractivity contribution >= 4 is 29.8 Å². The number of amides is 1. The van der Waals surface area contributed by atoms with Crippen LogP contribution in [0.15, 0.2) is 41.7 Å². The minimum absolute atomic E-state index is 0.0569. The molecule has 6 rings (SSSR count). The van der Waals surface area contributed by atoms with Crippen LogP contribution in [0.25, 0.3) is 0 Å². The molecule has 0 radical (unpaired) electrons. The van der Waals surface area contributed by atoms with E-state index in [-0.39, 0.29) is 25.9 Å². The number of fused-ring (bicyclic) bond motifs is 2. The zero-order valence-corrected chi connectivity index (χ0v) is 28.3. The number of carbonyl (C=O) groups excluding carboxylic acids is 5. The van der Waals surface area contributed by atoms with Gasteiger partial charge in [-0.05, 0) is 56.6 Å². The number of allylic oxidation sites excluding steroid dienone is 2. The number of nitrogens with one attached hydrogen (secondary N) is 1. The quantitative estimate of drug-likeness (QED) is 0.249. The number of ether oxygens (including phenoxy) is 5. The van der Waals surface area contributed by atoms with E-state index < -0.39 is 106 Å². The van der Waals surface area contributed by atoms with Crippen molar-refractivity contribution in [3.63, 3.8) is 0 Å². The molecule has 49 heavy (non-hydrogen) atoms. The average molecular weight is 686 g/mol. The van der Waals surface area contributed by atoms with Crippen LogP contribution in [0.1, 0.15) is 53.0 Å². The molecule has 1 aromatic rings. The molecule has 11 atom stereocenters. The van der Waals surface area contributed by atoms with Crippen molar-refractivity contribution in [1.29, 1.82) is 0 Å². The van der Waals surface area contributed by atoms with Gasteiger partial charge in [0.2, 0.25) is 11.7 Å². The third-order valence-electron chi connectivity index (χ3n) is 11.3. The van der Waals surface area contributed by atoms with Gasteiger partial charge in [0, 0.05) is 24.2 Å². The Morgan fingerprint density at radius 3 is 2.41 bits per heavy atom. The molecule has 14 nitrogen and oxygen atoms in total. The summed E-state index contributed by atoms with van der Waals surface area (Å²) in [6.07, 6.45) is -7.64. The lowest BCUT2D eigenvalue weighted by atomic mass is 9.38. The Hall–Kier alpha value is -4.01. The molecule has 4 N–H and O–H groups in total. The van der Waals surface area contributed by atoms with Crippen LogP contribution < -0.4 is 5.32 Å². The SMILES string of the molecule is COC(=O)C12OC[C@]34[C@H]([C@@H](O)[C@@H]1O)[C@@]1(C)CC(=O)C(O)=C(C)[C@@H]1C[C@H]3OC(=O)[C@H](OC(=O)C(Cc1ccccc1)NC(=O)OC(C)(C)C)[C@@H]24. The van der Waals surface area contributed by atoms with E-state index in [1.165, 1.54) is 0 Å². The Balaban J connectivity index is 1.44. The Morgan fingerprint density at radius 1 is 1.10 bits per heavy atom. The molecule has 4 fully saturated rings.